The van der Waals surface area contributed by atoms with Crippen LogP contribution in [0.3, 0.4) is 0 Å². The van der Waals surface area contributed by atoms with Crippen LogP contribution in [0.2, 0.25) is 0 Å². The van der Waals surface area contributed by atoms with Crippen molar-refractivity contribution in [3.63, 3.8) is 0 Å². The summed E-state index contributed by atoms with van der Waals surface area (Å²) in [4.78, 5) is 8.02. The summed E-state index contributed by atoms with van der Waals surface area (Å²) in [5.41, 5.74) is 12.3. The Balaban J connectivity index is 1.18. The van der Waals surface area contributed by atoms with Crippen molar-refractivity contribution in [2.45, 2.75) is 0 Å². The van der Waals surface area contributed by atoms with E-state index in [4.69, 9.17) is 13.1 Å². The summed E-state index contributed by atoms with van der Waals surface area (Å²) in [7, 11) is 0. The topological polar surface area (TPSA) is 23.5 Å². The molecule has 0 atom stereocenters. The molecule has 8 aromatic carbocycles. The molecule has 0 bridgehead atoms. The van der Waals surface area contributed by atoms with E-state index in [1.807, 2.05) is 42.5 Å². The fraction of sp³-hybridized carbons (Fsp3) is 0. The molecule has 3 aromatic heterocycles. The zero-order valence-corrected chi connectivity index (χ0v) is 29.5. The largest absolute Gasteiger partial charge is 0.318 e. The zero-order chi connectivity index (χ0) is 36.6. The van der Waals surface area contributed by atoms with Gasteiger partial charge in [-0.1, -0.05) is 121 Å². The van der Waals surface area contributed by atoms with Crippen molar-refractivity contribution >= 4 is 76.8 Å². The second-order valence-electron chi connectivity index (χ2n) is 13.9. The number of aromatic nitrogens is 3. The van der Waals surface area contributed by atoms with E-state index in [2.05, 4.69) is 157 Å². The van der Waals surface area contributed by atoms with Gasteiger partial charge in [0.05, 0.1) is 51.9 Å². The average molecular weight is 700 g/mol. The number of rotatable bonds is 4. The van der Waals surface area contributed by atoms with Crippen LogP contribution in [0.15, 0.2) is 176 Å². The van der Waals surface area contributed by atoms with Crippen LogP contribution < -0.4 is 0 Å². The SMILES string of the molecule is [C-]#[N+]c1ccc(-n2c3ccccc3c3ccc(-n4c5ccccc5c5ccccc54)cc32)cc1-c1ccccc1-n1c2ccccc2c2cccc([N+]#[C-])c21. The quantitative estimate of drug-likeness (QED) is 0.163. The van der Waals surface area contributed by atoms with Crippen LogP contribution in [0.25, 0.3) is 103 Å². The molecule has 254 valence electrons. The monoisotopic (exact) mass is 699 g/mol. The molecule has 0 radical (unpaired) electrons. The standard InChI is InChI=1S/C50H29N5/c1-51-42-29-27-32(30-41(42)38-18-7-12-25-48(38)55-47-24-11-6-17-37(47)40-19-13-20-43(52-2)50(40)55)54-46-23-10-5-16-36(46)39-28-26-33(31-49(39)54)53-44-21-8-3-14-34(44)35-15-4-9-22-45(35)53/h3-31H. The highest BCUT2D eigenvalue weighted by molar-refractivity contribution is 6.14. The lowest BCUT2D eigenvalue weighted by atomic mass is 10.0. The highest BCUT2D eigenvalue weighted by atomic mass is 15.0. The first-order valence-corrected chi connectivity index (χ1v) is 18.3. The highest BCUT2D eigenvalue weighted by Gasteiger charge is 2.21. The van der Waals surface area contributed by atoms with E-state index in [9.17, 15) is 0 Å². The van der Waals surface area contributed by atoms with Crippen LogP contribution in [0, 0.1) is 13.1 Å². The Labute approximate surface area is 316 Å². The Morgan fingerprint density at radius 2 is 0.800 bits per heavy atom. The molecular weight excluding hydrogens is 671 g/mol. The first kappa shape index (κ1) is 30.7. The van der Waals surface area contributed by atoms with Gasteiger partial charge in [0.1, 0.15) is 0 Å². The first-order chi connectivity index (χ1) is 27.2. The number of para-hydroxylation sites is 6. The lowest BCUT2D eigenvalue weighted by Gasteiger charge is -2.17. The van der Waals surface area contributed by atoms with Gasteiger partial charge in [0.25, 0.3) is 0 Å². The van der Waals surface area contributed by atoms with E-state index >= 15 is 0 Å². The maximum atomic E-state index is 8.32. The second kappa shape index (κ2) is 11.8. The van der Waals surface area contributed by atoms with Gasteiger partial charge in [-0.25, -0.2) is 9.69 Å². The summed E-state index contributed by atoms with van der Waals surface area (Å²) >= 11 is 0. The van der Waals surface area contributed by atoms with Crippen LogP contribution in [0.5, 0.6) is 0 Å². The molecule has 0 saturated heterocycles. The van der Waals surface area contributed by atoms with Gasteiger partial charge >= 0.3 is 0 Å². The van der Waals surface area contributed by atoms with E-state index in [-0.39, 0.29) is 0 Å². The molecule has 11 aromatic rings. The number of fused-ring (bicyclic) bond motifs is 9. The van der Waals surface area contributed by atoms with Crippen LogP contribution in [-0.4, -0.2) is 13.7 Å². The lowest BCUT2D eigenvalue weighted by Crippen LogP contribution is -1.99. The maximum absolute atomic E-state index is 8.32. The van der Waals surface area contributed by atoms with E-state index in [0.717, 1.165) is 77.4 Å². The van der Waals surface area contributed by atoms with Crippen molar-refractivity contribution in [3.8, 4) is 28.2 Å². The number of hydrogen-bond acceptors (Lipinski definition) is 0. The molecule has 0 N–H and O–H groups in total. The van der Waals surface area contributed by atoms with Crippen LogP contribution in [0.1, 0.15) is 0 Å². The predicted octanol–water partition coefficient (Wildman–Crippen LogP) is 13.7. The van der Waals surface area contributed by atoms with E-state index < -0.39 is 0 Å². The normalized spacial score (nSPS) is 11.6. The zero-order valence-electron chi connectivity index (χ0n) is 29.5. The first-order valence-electron chi connectivity index (χ1n) is 18.3. The minimum atomic E-state index is 0.564. The lowest BCUT2D eigenvalue weighted by molar-refractivity contribution is 1.15. The van der Waals surface area contributed by atoms with Gasteiger partial charge in [0, 0.05) is 38.3 Å². The summed E-state index contributed by atoms with van der Waals surface area (Å²) in [5.74, 6) is 0. The molecule has 0 fully saturated rings. The predicted molar refractivity (Wildman–Crippen MR) is 227 cm³/mol. The summed E-state index contributed by atoms with van der Waals surface area (Å²) < 4.78 is 6.89. The highest BCUT2D eigenvalue weighted by Crippen LogP contribution is 2.44. The van der Waals surface area contributed by atoms with Crippen LogP contribution in [-0.2, 0) is 0 Å². The fourth-order valence-electron chi connectivity index (χ4n) is 8.79. The molecular formula is C50H29N5. The Kier molecular flexibility index (Phi) is 6.61. The molecule has 5 heteroatoms. The van der Waals surface area contributed by atoms with E-state index in [1.165, 1.54) is 16.2 Å². The van der Waals surface area contributed by atoms with Crippen molar-refractivity contribution in [2.24, 2.45) is 0 Å². The summed E-state index contributed by atoms with van der Waals surface area (Å²) in [6.45, 7) is 16.4. The Hall–Kier alpha value is -7.86. The van der Waals surface area contributed by atoms with Crippen molar-refractivity contribution in [3.05, 3.63) is 199 Å². The molecule has 0 saturated carbocycles. The molecule has 0 aliphatic rings. The third kappa shape index (κ3) is 4.39. The second-order valence-corrected chi connectivity index (χ2v) is 13.9. The minimum absolute atomic E-state index is 0.564. The van der Waals surface area contributed by atoms with Crippen molar-refractivity contribution in [2.75, 3.05) is 0 Å². The van der Waals surface area contributed by atoms with E-state index in [0.29, 0.717) is 11.4 Å². The van der Waals surface area contributed by atoms with Gasteiger partial charge in [-0.2, -0.15) is 0 Å². The fourth-order valence-corrected chi connectivity index (χ4v) is 8.79. The Morgan fingerprint density at radius 3 is 1.44 bits per heavy atom. The molecule has 0 amide bonds. The summed E-state index contributed by atoms with van der Waals surface area (Å²) in [5, 5.41) is 6.89. The third-order valence-electron chi connectivity index (χ3n) is 11.1. The smallest absolute Gasteiger partial charge is 0.211 e. The van der Waals surface area contributed by atoms with Gasteiger partial charge in [0.2, 0.25) is 5.69 Å². The van der Waals surface area contributed by atoms with Gasteiger partial charge < -0.3 is 13.7 Å². The minimum Gasteiger partial charge on any atom is -0.318 e. The Morgan fingerprint density at radius 1 is 0.327 bits per heavy atom. The molecule has 0 aliphatic heterocycles. The van der Waals surface area contributed by atoms with Gasteiger partial charge in [-0.15, -0.1) is 0 Å². The number of hydrogen-bond donors (Lipinski definition) is 0. The average Bonchev–Trinajstić information content (AvgIpc) is 3.89. The van der Waals surface area contributed by atoms with Gasteiger partial charge in [-0.3, -0.25) is 0 Å². The molecule has 3 heterocycles. The number of benzene rings is 8. The van der Waals surface area contributed by atoms with Crippen LogP contribution >= 0.6 is 0 Å². The summed E-state index contributed by atoms with van der Waals surface area (Å²) in [6, 6.07) is 61.2. The molecule has 55 heavy (non-hydrogen) atoms. The van der Waals surface area contributed by atoms with Crippen LogP contribution in [0.4, 0.5) is 11.4 Å². The van der Waals surface area contributed by atoms with Gasteiger partial charge in [0.15, 0.2) is 5.69 Å². The third-order valence-corrected chi connectivity index (χ3v) is 11.1. The van der Waals surface area contributed by atoms with Crippen molar-refractivity contribution in [1.82, 2.24) is 13.7 Å². The van der Waals surface area contributed by atoms with Crippen molar-refractivity contribution in [1.29, 1.82) is 0 Å². The van der Waals surface area contributed by atoms with Gasteiger partial charge in [-0.05, 0) is 71.1 Å². The molecule has 0 spiro atoms. The Bertz CT molecular complexity index is 3420. The molecule has 0 aliphatic carbocycles. The van der Waals surface area contributed by atoms with Crippen molar-refractivity contribution < 1.29 is 0 Å². The number of nitrogens with zero attached hydrogens (tertiary/aromatic N) is 5. The summed E-state index contributed by atoms with van der Waals surface area (Å²) in [6.07, 6.45) is 0. The molecule has 11 rings (SSSR count). The molecule has 5 nitrogen and oxygen atoms in total. The maximum Gasteiger partial charge on any atom is 0.211 e. The van der Waals surface area contributed by atoms with E-state index in [1.54, 1.807) is 0 Å². The molecule has 0 unspecified atom stereocenters.